The van der Waals surface area contributed by atoms with Crippen molar-refractivity contribution in [1.82, 2.24) is 20.1 Å². The second kappa shape index (κ2) is 8.20. The van der Waals surface area contributed by atoms with Crippen LogP contribution in [0.25, 0.3) is 0 Å². The van der Waals surface area contributed by atoms with Gasteiger partial charge in [-0.05, 0) is 50.2 Å². The molecule has 1 spiro atoms. The van der Waals surface area contributed by atoms with Gasteiger partial charge in [-0.15, -0.1) is 0 Å². The van der Waals surface area contributed by atoms with E-state index in [1.807, 2.05) is 0 Å². The van der Waals surface area contributed by atoms with Gasteiger partial charge in [0.1, 0.15) is 0 Å². The summed E-state index contributed by atoms with van der Waals surface area (Å²) >= 11 is 0. The van der Waals surface area contributed by atoms with Crippen molar-refractivity contribution in [3.05, 3.63) is 24.0 Å². The second-order valence-electron chi connectivity index (χ2n) is 8.89. The lowest BCUT2D eigenvalue weighted by Crippen LogP contribution is -2.73. The quantitative estimate of drug-likeness (QED) is 0.724. The van der Waals surface area contributed by atoms with Gasteiger partial charge in [-0.2, -0.15) is 13.2 Å². The van der Waals surface area contributed by atoms with E-state index in [9.17, 15) is 31.2 Å². The number of rotatable bonds is 3. The molecule has 0 bridgehead atoms. The van der Waals surface area contributed by atoms with E-state index >= 15 is 0 Å². The molecule has 4 rings (SSSR count). The van der Waals surface area contributed by atoms with Gasteiger partial charge in [0.05, 0.1) is 10.4 Å². The number of alkyl halides is 3. The molecule has 1 N–H and O–H groups in total. The lowest BCUT2D eigenvalue weighted by atomic mass is 9.81. The summed E-state index contributed by atoms with van der Waals surface area (Å²) in [5.41, 5.74) is -5.09. The number of pyridine rings is 1. The molecule has 0 aromatic carbocycles. The SMILES string of the molecule is O=C1CCCC2(CN(C(=O)N3CCC(Cc4ccc(S(=O)(=O)C(F)(F)F)cn4)CC3)C2)N1. The van der Waals surface area contributed by atoms with Crippen LogP contribution in [0.3, 0.4) is 0 Å². The minimum Gasteiger partial charge on any atom is -0.347 e. The Kier molecular flexibility index (Phi) is 5.84. The zero-order valence-corrected chi connectivity index (χ0v) is 18.2. The van der Waals surface area contributed by atoms with E-state index in [1.54, 1.807) is 9.80 Å². The van der Waals surface area contributed by atoms with Crippen LogP contribution in [0.2, 0.25) is 0 Å². The van der Waals surface area contributed by atoms with Gasteiger partial charge in [-0.3, -0.25) is 9.78 Å². The van der Waals surface area contributed by atoms with E-state index in [1.165, 1.54) is 6.07 Å². The van der Waals surface area contributed by atoms with E-state index in [-0.39, 0.29) is 23.4 Å². The first-order valence-corrected chi connectivity index (χ1v) is 12.1. The minimum absolute atomic E-state index is 0.0336. The number of piperidine rings is 2. The van der Waals surface area contributed by atoms with Gasteiger partial charge >= 0.3 is 11.5 Å². The summed E-state index contributed by atoms with van der Waals surface area (Å²) in [6, 6.07) is 2.22. The maximum Gasteiger partial charge on any atom is 0.501 e. The number of halogens is 3. The maximum absolute atomic E-state index is 12.7. The number of urea groups is 1. The fourth-order valence-corrected chi connectivity index (χ4v) is 5.42. The number of nitrogens with zero attached hydrogens (tertiary/aromatic N) is 3. The Morgan fingerprint density at radius 3 is 2.44 bits per heavy atom. The van der Waals surface area contributed by atoms with Crippen LogP contribution in [-0.4, -0.2) is 72.4 Å². The summed E-state index contributed by atoms with van der Waals surface area (Å²) in [5, 5.41) is 3.01. The number of hydrogen-bond donors (Lipinski definition) is 1. The van der Waals surface area contributed by atoms with E-state index < -0.39 is 20.2 Å². The number of aromatic nitrogens is 1. The number of hydrogen-bond acceptors (Lipinski definition) is 5. The number of sulfone groups is 1. The normalized spacial score (nSPS) is 21.9. The van der Waals surface area contributed by atoms with E-state index in [0.717, 1.165) is 37.9 Å². The molecule has 12 heteroatoms. The molecular formula is C20H25F3N4O4S. The van der Waals surface area contributed by atoms with Gasteiger partial charge in [-0.1, -0.05) is 0 Å². The lowest BCUT2D eigenvalue weighted by molar-refractivity contribution is -0.128. The van der Waals surface area contributed by atoms with Crippen LogP contribution in [0.5, 0.6) is 0 Å². The standard InChI is InChI=1S/C20H25F3N4O4S/c21-20(22,23)32(30,31)16-4-3-15(24-11-16)10-14-5-8-26(9-6-14)18(29)27-12-19(13-27)7-1-2-17(28)25-19/h3-4,11,14H,1-2,5-10,12-13H2,(H,25,28). The van der Waals surface area contributed by atoms with E-state index in [2.05, 4.69) is 10.3 Å². The third-order valence-electron chi connectivity index (χ3n) is 6.52. The van der Waals surface area contributed by atoms with Crippen LogP contribution < -0.4 is 5.32 Å². The van der Waals surface area contributed by atoms with Crippen molar-refractivity contribution in [2.24, 2.45) is 5.92 Å². The first kappa shape index (κ1) is 22.8. The smallest absolute Gasteiger partial charge is 0.347 e. The van der Waals surface area contributed by atoms with Crippen molar-refractivity contribution < 1.29 is 31.2 Å². The van der Waals surface area contributed by atoms with Crippen LogP contribution in [0, 0.1) is 5.92 Å². The van der Waals surface area contributed by atoms with Crippen molar-refractivity contribution in [2.75, 3.05) is 26.2 Å². The molecular weight excluding hydrogens is 449 g/mol. The van der Waals surface area contributed by atoms with Gasteiger partial charge in [0.2, 0.25) is 5.91 Å². The molecule has 3 saturated heterocycles. The van der Waals surface area contributed by atoms with Crippen molar-refractivity contribution in [1.29, 1.82) is 0 Å². The van der Waals surface area contributed by atoms with Crippen molar-refractivity contribution in [3.63, 3.8) is 0 Å². The predicted octanol–water partition coefficient (Wildman–Crippen LogP) is 2.10. The molecule has 0 radical (unpaired) electrons. The van der Waals surface area contributed by atoms with Crippen LogP contribution >= 0.6 is 0 Å². The van der Waals surface area contributed by atoms with Gasteiger partial charge in [-0.25, -0.2) is 13.2 Å². The fourth-order valence-electron chi connectivity index (χ4n) is 4.71. The number of likely N-dealkylation sites (tertiary alicyclic amines) is 2. The topological polar surface area (TPSA) is 99.7 Å². The molecule has 32 heavy (non-hydrogen) atoms. The maximum atomic E-state index is 12.7. The molecule has 1 aromatic heterocycles. The van der Waals surface area contributed by atoms with Crippen molar-refractivity contribution in [3.8, 4) is 0 Å². The molecule has 0 unspecified atom stereocenters. The molecule has 3 fully saturated rings. The zero-order chi connectivity index (χ0) is 23.1. The van der Waals surface area contributed by atoms with Gasteiger partial charge in [0, 0.05) is 44.5 Å². The Hall–Kier alpha value is -2.37. The Morgan fingerprint density at radius 1 is 1.19 bits per heavy atom. The molecule has 0 saturated carbocycles. The van der Waals surface area contributed by atoms with Crippen molar-refractivity contribution in [2.45, 2.75) is 54.5 Å². The first-order chi connectivity index (χ1) is 15.0. The summed E-state index contributed by atoms with van der Waals surface area (Å²) in [6.45, 7) is 2.21. The average Bonchev–Trinajstić information content (AvgIpc) is 2.71. The number of nitrogens with one attached hydrogen (secondary N) is 1. The highest BCUT2D eigenvalue weighted by atomic mass is 32.2. The molecule has 0 atom stereocenters. The van der Waals surface area contributed by atoms with Gasteiger partial charge < -0.3 is 15.1 Å². The highest BCUT2D eigenvalue weighted by Gasteiger charge is 2.49. The average molecular weight is 475 g/mol. The van der Waals surface area contributed by atoms with Crippen molar-refractivity contribution >= 4 is 21.8 Å². The lowest BCUT2D eigenvalue weighted by Gasteiger charge is -2.53. The highest BCUT2D eigenvalue weighted by molar-refractivity contribution is 7.92. The largest absolute Gasteiger partial charge is 0.501 e. The number of carbonyl (C=O) groups excluding carboxylic acids is 2. The Balaban J connectivity index is 1.26. The molecule has 8 nitrogen and oxygen atoms in total. The summed E-state index contributed by atoms with van der Waals surface area (Å²) in [5.74, 6) is 0.249. The van der Waals surface area contributed by atoms with Gasteiger partial charge in [0.15, 0.2) is 0 Å². The third kappa shape index (κ3) is 4.41. The van der Waals surface area contributed by atoms with Gasteiger partial charge in [0.25, 0.3) is 9.84 Å². The minimum atomic E-state index is -5.40. The Morgan fingerprint density at radius 2 is 1.88 bits per heavy atom. The molecule has 4 heterocycles. The first-order valence-electron chi connectivity index (χ1n) is 10.6. The summed E-state index contributed by atoms with van der Waals surface area (Å²) in [4.78, 5) is 31.0. The monoisotopic (exact) mass is 474 g/mol. The molecule has 3 aliphatic rings. The molecule has 3 amide bonds. The van der Waals surface area contributed by atoms with Crippen LogP contribution in [0.4, 0.5) is 18.0 Å². The Labute approximate surface area is 184 Å². The third-order valence-corrected chi connectivity index (χ3v) is 7.99. The highest BCUT2D eigenvalue weighted by Crippen LogP contribution is 2.32. The van der Waals surface area contributed by atoms with Crippen LogP contribution in [0.15, 0.2) is 23.2 Å². The van der Waals surface area contributed by atoms with Crippen LogP contribution in [0.1, 0.15) is 37.8 Å². The number of amides is 3. The molecule has 176 valence electrons. The summed E-state index contributed by atoms with van der Waals surface area (Å²) < 4.78 is 60.8. The molecule has 1 aromatic rings. The molecule has 3 aliphatic heterocycles. The number of carbonyl (C=O) groups is 2. The molecule has 0 aliphatic carbocycles. The fraction of sp³-hybridized carbons (Fsp3) is 0.650. The summed E-state index contributed by atoms with van der Waals surface area (Å²) in [6.07, 6.45) is 4.99. The second-order valence-corrected chi connectivity index (χ2v) is 10.8. The van der Waals surface area contributed by atoms with E-state index in [0.29, 0.717) is 44.7 Å². The summed E-state index contributed by atoms with van der Waals surface area (Å²) in [7, 11) is -5.40. The predicted molar refractivity (Wildman–Crippen MR) is 107 cm³/mol. The van der Waals surface area contributed by atoms with E-state index in [4.69, 9.17) is 0 Å². The zero-order valence-electron chi connectivity index (χ0n) is 17.4. The van der Waals surface area contributed by atoms with Crippen LogP contribution in [-0.2, 0) is 21.1 Å². The Bertz CT molecular complexity index is 983.